The average molecular weight is 413 g/mol. The van der Waals surface area contributed by atoms with E-state index in [1.807, 2.05) is 0 Å². The number of aromatic nitrogens is 2. The first-order chi connectivity index (χ1) is 13.2. The second-order valence-corrected chi connectivity index (χ2v) is 7.23. The van der Waals surface area contributed by atoms with Gasteiger partial charge in [-0.25, -0.2) is 4.98 Å². The molecule has 8 nitrogen and oxygen atoms in total. The average Bonchev–Trinajstić information content (AvgIpc) is 2.65. The molecule has 0 saturated carbocycles. The van der Waals surface area contributed by atoms with Crippen molar-refractivity contribution < 1.29 is 24.1 Å². The third-order valence-electron chi connectivity index (χ3n) is 4.73. The van der Waals surface area contributed by atoms with E-state index < -0.39 is 17.4 Å². The molecule has 2 rings (SSSR count). The number of hydrogen-bond acceptors (Lipinski definition) is 6. The Morgan fingerprint density at radius 1 is 1.29 bits per heavy atom. The number of carbonyl (C=O) groups is 1. The molecule has 0 spiro atoms. The molecule has 0 saturated heterocycles. The number of methoxy groups -OCH3 is 1. The van der Waals surface area contributed by atoms with Crippen molar-refractivity contribution in [3.63, 3.8) is 0 Å². The number of benzene rings is 1. The lowest BCUT2D eigenvalue weighted by molar-refractivity contribution is -0.149. The highest BCUT2D eigenvalue weighted by molar-refractivity contribution is 6.18. The predicted molar refractivity (Wildman–Crippen MR) is 106 cm³/mol. The van der Waals surface area contributed by atoms with Gasteiger partial charge in [0.2, 0.25) is 0 Å². The molecule has 154 valence electrons. The molecule has 1 aromatic carbocycles. The summed E-state index contributed by atoms with van der Waals surface area (Å²) < 4.78 is 17.5. The molecule has 0 radical (unpaired) electrons. The Hall–Kier alpha value is -2.32. The van der Waals surface area contributed by atoms with Gasteiger partial charge < -0.3 is 19.3 Å². The molecule has 1 aromatic heterocycles. The standard InChI is InChI=1S/C19H25ClN2O6/c1-12(19(2,3)18(24)25)22-11-21-14-9-13(27-8-7-26-4)10-15(28-6-5-20)16(14)17(22)23/h9-12H,5-8H2,1-4H3,(H,24,25). The fourth-order valence-corrected chi connectivity index (χ4v) is 2.67. The number of carboxylic acid groups (broad SMARTS) is 1. The molecule has 0 fully saturated rings. The Bertz CT molecular complexity index is 896. The monoisotopic (exact) mass is 412 g/mol. The van der Waals surface area contributed by atoms with Gasteiger partial charge in [0.25, 0.3) is 5.56 Å². The third-order valence-corrected chi connectivity index (χ3v) is 4.88. The minimum atomic E-state index is -1.17. The minimum absolute atomic E-state index is 0.197. The summed E-state index contributed by atoms with van der Waals surface area (Å²) in [4.78, 5) is 29.1. The molecule has 0 amide bonds. The van der Waals surface area contributed by atoms with Gasteiger partial charge in [0.1, 0.15) is 30.1 Å². The van der Waals surface area contributed by atoms with Crippen molar-refractivity contribution in [1.82, 2.24) is 9.55 Å². The van der Waals surface area contributed by atoms with Crippen LogP contribution in [0, 0.1) is 5.41 Å². The maximum atomic E-state index is 13.2. The van der Waals surface area contributed by atoms with Gasteiger partial charge >= 0.3 is 5.97 Å². The van der Waals surface area contributed by atoms with Gasteiger partial charge in [-0.1, -0.05) is 0 Å². The predicted octanol–water partition coefficient (Wildman–Crippen LogP) is 2.71. The van der Waals surface area contributed by atoms with Crippen LogP contribution < -0.4 is 15.0 Å². The molecule has 1 atom stereocenters. The molecule has 1 heterocycles. The zero-order valence-corrected chi connectivity index (χ0v) is 17.2. The van der Waals surface area contributed by atoms with Gasteiger partial charge in [0, 0.05) is 19.2 Å². The van der Waals surface area contributed by atoms with Crippen LogP contribution in [0.2, 0.25) is 0 Å². The van der Waals surface area contributed by atoms with Crippen LogP contribution in [-0.4, -0.2) is 53.4 Å². The number of aliphatic carboxylic acids is 1. The number of halogens is 1. The van der Waals surface area contributed by atoms with Crippen LogP contribution in [-0.2, 0) is 9.53 Å². The van der Waals surface area contributed by atoms with E-state index in [1.165, 1.54) is 10.9 Å². The minimum Gasteiger partial charge on any atom is -0.491 e. The Balaban J connectivity index is 2.58. The van der Waals surface area contributed by atoms with E-state index in [2.05, 4.69) is 4.98 Å². The van der Waals surface area contributed by atoms with Crippen LogP contribution in [0.15, 0.2) is 23.3 Å². The van der Waals surface area contributed by atoms with Gasteiger partial charge in [0.05, 0.1) is 35.8 Å². The Kier molecular flexibility index (Phi) is 7.26. The lowest BCUT2D eigenvalue weighted by Crippen LogP contribution is -2.38. The second kappa shape index (κ2) is 9.25. The highest BCUT2D eigenvalue weighted by atomic mass is 35.5. The number of hydrogen-bond donors (Lipinski definition) is 1. The molecule has 1 N–H and O–H groups in total. The Morgan fingerprint density at radius 2 is 2.00 bits per heavy atom. The SMILES string of the molecule is COCCOc1cc(OCCCl)c2c(=O)n(C(C)C(C)(C)C(=O)O)cnc2c1. The summed E-state index contributed by atoms with van der Waals surface area (Å²) >= 11 is 5.72. The summed E-state index contributed by atoms with van der Waals surface area (Å²) in [7, 11) is 1.57. The number of nitrogens with zero attached hydrogens (tertiary/aromatic N) is 2. The van der Waals surface area contributed by atoms with Gasteiger partial charge in [-0.2, -0.15) is 0 Å². The quantitative estimate of drug-likeness (QED) is 0.473. The van der Waals surface area contributed by atoms with Crippen LogP contribution in [0.3, 0.4) is 0 Å². The van der Waals surface area contributed by atoms with E-state index in [1.54, 1.807) is 40.0 Å². The summed E-state index contributed by atoms with van der Waals surface area (Å²) in [5.41, 5.74) is -1.17. The van der Waals surface area contributed by atoms with Crippen LogP contribution in [0.4, 0.5) is 0 Å². The van der Waals surface area contributed by atoms with Crippen molar-refractivity contribution in [3.8, 4) is 11.5 Å². The summed E-state index contributed by atoms with van der Waals surface area (Å²) in [5.74, 6) is 0.00982. The highest BCUT2D eigenvalue weighted by Crippen LogP contribution is 2.32. The molecule has 0 aliphatic carbocycles. The summed E-state index contributed by atoms with van der Waals surface area (Å²) in [6.45, 7) is 5.74. The molecule has 0 aliphatic heterocycles. The highest BCUT2D eigenvalue weighted by Gasteiger charge is 2.36. The first kappa shape index (κ1) is 22.0. The first-order valence-electron chi connectivity index (χ1n) is 8.82. The Morgan fingerprint density at radius 3 is 2.61 bits per heavy atom. The van der Waals surface area contributed by atoms with Gasteiger partial charge in [-0.3, -0.25) is 14.2 Å². The smallest absolute Gasteiger partial charge is 0.311 e. The number of rotatable bonds is 10. The number of alkyl halides is 1. The van der Waals surface area contributed by atoms with Gasteiger partial charge in [0.15, 0.2) is 0 Å². The Labute approximate surface area is 168 Å². The lowest BCUT2D eigenvalue weighted by Gasteiger charge is -2.28. The second-order valence-electron chi connectivity index (χ2n) is 6.85. The van der Waals surface area contributed by atoms with Crippen LogP contribution >= 0.6 is 11.6 Å². The molecule has 0 bridgehead atoms. The van der Waals surface area contributed by atoms with Crippen molar-refractivity contribution in [2.24, 2.45) is 5.41 Å². The summed E-state index contributed by atoms with van der Waals surface area (Å²) in [6, 6.07) is 2.61. The van der Waals surface area contributed by atoms with E-state index in [4.69, 9.17) is 25.8 Å². The van der Waals surface area contributed by atoms with Crippen LogP contribution in [0.1, 0.15) is 26.8 Å². The maximum Gasteiger partial charge on any atom is 0.311 e. The van der Waals surface area contributed by atoms with Crippen molar-refractivity contribution in [3.05, 3.63) is 28.8 Å². The van der Waals surface area contributed by atoms with Crippen molar-refractivity contribution in [1.29, 1.82) is 0 Å². The van der Waals surface area contributed by atoms with Gasteiger partial charge in [-0.15, -0.1) is 11.6 Å². The van der Waals surface area contributed by atoms with Crippen molar-refractivity contribution >= 4 is 28.5 Å². The third kappa shape index (κ3) is 4.56. The largest absolute Gasteiger partial charge is 0.491 e. The van der Waals surface area contributed by atoms with E-state index >= 15 is 0 Å². The summed E-state index contributed by atoms with van der Waals surface area (Å²) in [5, 5.41) is 9.73. The maximum absolute atomic E-state index is 13.2. The van der Waals surface area contributed by atoms with E-state index in [-0.39, 0.29) is 29.2 Å². The van der Waals surface area contributed by atoms with Crippen LogP contribution in [0.5, 0.6) is 11.5 Å². The topological polar surface area (TPSA) is 99.9 Å². The lowest BCUT2D eigenvalue weighted by atomic mass is 9.85. The van der Waals surface area contributed by atoms with Crippen molar-refractivity contribution in [2.75, 3.05) is 32.8 Å². The normalized spacial score (nSPS) is 12.8. The molecular weight excluding hydrogens is 388 g/mol. The zero-order valence-electron chi connectivity index (χ0n) is 16.4. The molecule has 0 aliphatic rings. The van der Waals surface area contributed by atoms with Gasteiger partial charge in [-0.05, 0) is 20.8 Å². The molecule has 2 aromatic rings. The van der Waals surface area contributed by atoms with E-state index in [9.17, 15) is 14.7 Å². The number of carboxylic acids is 1. The number of ether oxygens (including phenoxy) is 3. The van der Waals surface area contributed by atoms with Crippen molar-refractivity contribution in [2.45, 2.75) is 26.8 Å². The molecular formula is C19H25ClN2O6. The summed E-state index contributed by atoms with van der Waals surface area (Å²) in [6.07, 6.45) is 1.35. The zero-order chi connectivity index (χ0) is 20.9. The fraction of sp³-hybridized carbons (Fsp3) is 0.526. The van der Waals surface area contributed by atoms with Crippen LogP contribution in [0.25, 0.3) is 10.9 Å². The molecule has 28 heavy (non-hydrogen) atoms. The van der Waals surface area contributed by atoms with E-state index in [0.717, 1.165) is 0 Å². The molecule has 9 heteroatoms. The molecule has 1 unspecified atom stereocenters. The first-order valence-corrected chi connectivity index (χ1v) is 9.36. The number of fused-ring (bicyclic) bond motifs is 1. The van der Waals surface area contributed by atoms with E-state index in [0.29, 0.717) is 24.5 Å². The fourth-order valence-electron chi connectivity index (χ4n) is 2.59.